The van der Waals surface area contributed by atoms with Crippen molar-refractivity contribution in [2.45, 2.75) is 32.4 Å². The van der Waals surface area contributed by atoms with Gasteiger partial charge in [0.05, 0.1) is 0 Å². The average molecular weight is 409 g/mol. The second-order valence-electron chi connectivity index (χ2n) is 8.55. The number of quaternary nitrogens is 2. The number of carbonyl (C=O) groups is 2. The summed E-state index contributed by atoms with van der Waals surface area (Å²) in [5.41, 5.74) is 2.67. The van der Waals surface area contributed by atoms with E-state index in [2.05, 4.69) is 36.5 Å². The van der Waals surface area contributed by atoms with Gasteiger partial charge in [0.2, 0.25) is 0 Å². The number of rotatable bonds is 6. The molecule has 158 valence electrons. The lowest BCUT2D eigenvalue weighted by Gasteiger charge is -2.32. The van der Waals surface area contributed by atoms with E-state index in [-0.39, 0.29) is 11.9 Å². The number of hydrogen-bond donors (Lipinski definition) is 3. The number of carbonyl (C=O) groups excluding carboxylic acids is 2. The minimum absolute atomic E-state index is 0.122. The van der Waals surface area contributed by atoms with Crippen LogP contribution >= 0.6 is 0 Å². The van der Waals surface area contributed by atoms with Gasteiger partial charge in [0, 0.05) is 5.56 Å². The molecule has 0 aromatic heterocycles. The zero-order chi connectivity index (χ0) is 21.1. The maximum absolute atomic E-state index is 13.3. The number of amides is 3. The second kappa shape index (κ2) is 8.58. The average Bonchev–Trinajstić information content (AvgIpc) is 3.02. The van der Waals surface area contributed by atoms with E-state index in [1.165, 1.54) is 20.9 Å². The highest BCUT2D eigenvalue weighted by Crippen LogP contribution is 2.31. The number of aryl methyl sites for hydroxylation is 1. The molecule has 2 fully saturated rings. The van der Waals surface area contributed by atoms with Crippen LogP contribution < -0.4 is 15.1 Å². The van der Waals surface area contributed by atoms with Crippen LogP contribution in [0.5, 0.6) is 0 Å². The Morgan fingerprint density at radius 2 is 1.57 bits per heavy atom. The van der Waals surface area contributed by atoms with E-state index in [0.717, 1.165) is 38.3 Å². The summed E-state index contributed by atoms with van der Waals surface area (Å²) in [6.45, 7) is 9.62. The van der Waals surface area contributed by atoms with Gasteiger partial charge in [-0.3, -0.25) is 4.79 Å². The molecule has 30 heavy (non-hydrogen) atoms. The number of nitrogens with zero attached hydrogens (tertiary/aromatic N) is 1. The van der Waals surface area contributed by atoms with E-state index in [4.69, 9.17) is 0 Å². The van der Waals surface area contributed by atoms with E-state index >= 15 is 0 Å². The molecule has 0 spiro atoms. The van der Waals surface area contributed by atoms with Crippen LogP contribution in [-0.4, -0.2) is 49.7 Å². The normalized spacial score (nSPS) is 26.7. The molecule has 4 rings (SSSR count). The third-order valence-corrected chi connectivity index (χ3v) is 6.72. The minimum atomic E-state index is -0.935. The highest BCUT2D eigenvalue weighted by molar-refractivity contribution is 6.07. The molecule has 6 nitrogen and oxygen atoms in total. The smallest absolute Gasteiger partial charge is 0.322 e. The highest BCUT2D eigenvalue weighted by Gasteiger charge is 2.52. The van der Waals surface area contributed by atoms with E-state index < -0.39 is 5.54 Å². The predicted octanol–water partition coefficient (Wildman–Crippen LogP) is 0.0932. The molecule has 0 radical (unpaired) electrons. The first-order valence-electron chi connectivity index (χ1n) is 10.9. The van der Waals surface area contributed by atoms with Crippen molar-refractivity contribution in [1.82, 2.24) is 10.2 Å². The van der Waals surface area contributed by atoms with Crippen LogP contribution in [0, 0.1) is 6.92 Å². The topological polar surface area (TPSA) is 58.3 Å². The molecule has 2 aromatic carbocycles. The Bertz CT molecular complexity index is 908. The van der Waals surface area contributed by atoms with E-state index in [1.807, 2.05) is 37.3 Å². The van der Waals surface area contributed by atoms with Crippen LogP contribution in [-0.2, 0) is 16.9 Å². The number of hydrogen-bond acceptors (Lipinski definition) is 2. The molecule has 0 aliphatic carbocycles. The van der Waals surface area contributed by atoms with Crippen molar-refractivity contribution < 1.29 is 19.4 Å². The Balaban J connectivity index is 1.38. The van der Waals surface area contributed by atoms with E-state index in [9.17, 15) is 9.59 Å². The quantitative estimate of drug-likeness (QED) is 0.594. The number of nitrogens with one attached hydrogen (secondary N) is 3. The standard InChI is InChI=1S/C24H30N4O2/c1-3-24(21-11-5-4-6-12-21)22(29)28(23(30)25-24)18-27-15-13-26(14-16-27)17-20-10-8-7-9-19(20)2/h4-12H,3,13-18H2,1-2H3,(H,25,30)/p+2/t24-/m0/s1. The maximum atomic E-state index is 13.3. The number of benzene rings is 2. The summed E-state index contributed by atoms with van der Waals surface area (Å²) >= 11 is 0. The fraction of sp³-hybridized carbons (Fsp3) is 0.417. The van der Waals surface area contributed by atoms with Gasteiger partial charge in [0.15, 0.2) is 6.67 Å². The van der Waals surface area contributed by atoms with Crippen molar-refractivity contribution in [2.75, 3.05) is 32.8 Å². The lowest BCUT2D eigenvalue weighted by molar-refractivity contribution is -1.02. The van der Waals surface area contributed by atoms with Crippen molar-refractivity contribution in [2.24, 2.45) is 0 Å². The summed E-state index contributed by atoms with van der Waals surface area (Å²) in [6.07, 6.45) is 0.543. The van der Waals surface area contributed by atoms with E-state index in [0.29, 0.717) is 13.1 Å². The summed E-state index contributed by atoms with van der Waals surface area (Å²) in [7, 11) is 0. The Morgan fingerprint density at radius 1 is 0.933 bits per heavy atom. The first-order chi connectivity index (χ1) is 14.5. The van der Waals surface area contributed by atoms with Crippen molar-refractivity contribution in [3.8, 4) is 0 Å². The summed E-state index contributed by atoms with van der Waals surface area (Å²) in [4.78, 5) is 30.3. The zero-order valence-electron chi connectivity index (χ0n) is 17.9. The number of imide groups is 1. The molecule has 2 heterocycles. The predicted molar refractivity (Wildman–Crippen MR) is 115 cm³/mol. The molecule has 2 saturated heterocycles. The second-order valence-corrected chi connectivity index (χ2v) is 8.55. The summed E-state index contributed by atoms with van der Waals surface area (Å²) in [5.74, 6) is -0.122. The van der Waals surface area contributed by atoms with Crippen LogP contribution in [0.4, 0.5) is 4.79 Å². The van der Waals surface area contributed by atoms with Crippen molar-refractivity contribution in [3.63, 3.8) is 0 Å². The molecule has 1 atom stereocenters. The zero-order valence-corrected chi connectivity index (χ0v) is 17.9. The summed E-state index contributed by atoms with van der Waals surface area (Å²) in [6, 6.07) is 17.9. The summed E-state index contributed by atoms with van der Waals surface area (Å²) < 4.78 is 0. The van der Waals surface area contributed by atoms with Crippen LogP contribution in [0.25, 0.3) is 0 Å². The Hall–Kier alpha value is -2.70. The molecule has 0 bridgehead atoms. The Labute approximate surface area is 178 Å². The fourth-order valence-corrected chi connectivity index (χ4v) is 4.73. The van der Waals surface area contributed by atoms with Gasteiger partial charge in [-0.2, -0.15) is 0 Å². The monoisotopic (exact) mass is 408 g/mol. The lowest BCUT2D eigenvalue weighted by Crippen LogP contribution is -3.28. The van der Waals surface area contributed by atoms with Crippen molar-refractivity contribution >= 4 is 11.9 Å². The number of piperazine rings is 1. The van der Waals surface area contributed by atoms with Crippen LogP contribution in [0.2, 0.25) is 0 Å². The molecule has 2 aliphatic heterocycles. The Morgan fingerprint density at radius 3 is 2.23 bits per heavy atom. The molecule has 2 aliphatic rings. The fourth-order valence-electron chi connectivity index (χ4n) is 4.73. The third-order valence-electron chi connectivity index (χ3n) is 6.72. The van der Waals surface area contributed by atoms with Gasteiger partial charge in [-0.15, -0.1) is 0 Å². The van der Waals surface area contributed by atoms with E-state index in [1.54, 1.807) is 4.90 Å². The first-order valence-corrected chi connectivity index (χ1v) is 10.9. The lowest BCUT2D eigenvalue weighted by atomic mass is 9.87. The third kappa shape index (κ3) is 3.85. The molecule has 6 heteroatoms. The molecule has 3 amide bonds. The first kappa shape index (κ1) is 20.6. The van der Waals surface area contributed by atoms with Crippen LogP contribution in [0.1, 0.15) is 30.0 Å². The summed E-state index contributed by atoms with van der Waals surface area (Å²) in [5, 5.41) is 2.99. The Kier molecular flexibility index (Phi) is 5.88. The van der Waals surface area contributed by atoms with Gasteiger partial charge in [-0.1, -0.05) is 61.5 Å². The molecular formula is C24H32N4O2+2. The van der Waals surface area contributed by atoms with Gasteiger partial charge in [0.1, 0.15) is 38.3 Å². The van der Waals surface area contributed by atoms with Crippen LogP contribution in [0.15, 0.2) is 54.6 Å². The van der Waals surface area contributed by atoms with Crippen LogP contribution in [0.3, 0.4) is 0 Å². The minimum Gasteiger partial charge on any atom is -0.322 e. The highest BCUT2D eigenvalue weighted by atomic mass is 16.2. The molecule has 3 N–H and O–H groups in total. The largest absolute Gasteiger partial charge is 0.329 e. The van der Waals surface area contributed by atoms with Gasteiger partial charge < -0.3 is 15.1 Å². The van der Waals surface area contributed by atoms with Gasteiger partial charge in [-0.25, -0.2) is 9.69 Å². The molecular weight excluding hydrogens is 376 g/mol. The maximum Gasteiger partial charge on any atom is 0.329 e. The van der Waals surface area contributed by atoms with Gasteiger partial charge in [-0.05, 0) is 24.5 Å². The van der Waals surface area contributed by atoms with Gasteiger partial charge in [0.25, 0.3) is 5.91 Å². The molecule has 0 saturated carbocycles. The molecule has 2 aromatic rings. The number of urea groups is 1. The van der Waals surface area contributed by atoms with Gasteiger partial charge >= 0.3 is 6.03 Å². The van der Waals surface area contributed by atoms with Crippen molar-refractivity contribution in [1.29, 1.82) is 0 Å². The SMILES string of the molecule is CC[C@@]1(c2ccccc2)NC(=O)N(C[NH+]2CC[NH+](Cc3ccccc3C)CC2)C1=O. The molecule has 0 unspecified atom stereocenters. The van der Waals surface area contributed by atoms with Crippen molar-refractivity contribution in [3.05, 3.63) is 71.3 Å².